The number of hydrogen-bond acceptors (Lipinski definition) is 3. The van der Waals surface area contributed by atoms with Crippen molar-refractivity contribution in [3.8, 4) is 0 Å². The summed E-state index contributed by atoms with van der Waals surface area (Å²) >= 11 is 0. The fourth-order valence-corrected chi connectivity index (χ4v) is 7.61. The maximum Gasteiger partial charge on any atom is 0.282 e. The van der Waals surface area contributed by atoms with Gasteiger partial charge in [0.25, 0.3) is 5.91 Å². The van der Waals surface area contributed by atoms with E-state index in [1.165, 1.54) is 63.0 Å². The quantitative estimate of drug-likeness (QED) is 0.691. The van der Waals surface area contributed by atoms with E-state index < -0.39 is 10.0 Å². The van der Waals surface area contributed by atoms with Gasteiger partial charge in [-0.15, -0.1) is 0 Å². The zero-order chi connectivity index (χ0) is 21.7. The van der Waals surface area contributed by atoms with Crippen LogP contribution in [0.15, 0.2) is 29.2 Å². The zero-order valence-electron chi connectivity index (χ0n) is 18.6. The molecule has 1 aromatic carbocycles. The minimum atomic E-state index is -3.53. The van der Waals surface area contributed by atoms with E-state index in [1.807, 2.05) is 6.92 Å². The summed E-state index contributed by atoms with van der Waals surface area (Å²) in [4.78, 5) is 13.1. The molecule has 3 N–H and O–H groups in total. The number of anilines is 1. The number of amides is 1. The number of nitrogens with two attached hydrogens (primary N) is 1. The van der Waals surface area contributed by atoms with Crippen molar-refractivity contribution in [3.63, 3.8) is 0 Å². The first-order valence-corrected chi connectivity index (χ1v) is 12.7. The lowest BCUT2D eigenvalue weighted by Gasteiger charge is -2.58. The Morgan fingerprint density at radius 2 is 1.67 bits per heavy atom. The van der Waals surface area contributed by atoms with E-state index in [0.717, 1.165) is 17.8 Å². The summed E-state index contributed by atoms with van der Waals surface area (Å²) in [7, 11) is -0.519. The van der Waals surface area contributed by atoms with Crippen molar-refractivity contribution in [3.05, 3.63) is 24.3 Å². The lowest BCUT2D eigenvalue weighted by Crippen LogP contribution is -2.98. The van der Waals surface area contributed by atoms with Gasteiger partial charge in [0, 0.05) is 25.2 Å². The molecule has 1 aromatic rings. The van der Waals surface area contributed by atoms with Crippen molar-refractivity contribution in [1.29, 1.82) is 0 Å². The lowest BCUT2D eigenvalue weighted by molar-refractivity contribution is -0.718. The highest BCUT2D eigenvalue weighted by atomic mass is 32.2. The second-order valence-corrected chi connectivity index (χ2v) is 12.5. The summed E-state index contributed by atoms with van der Waals surface area (Å²) in [6.45, 7) is 4.26. The lowest BCUT2D eigenvalue weighted by atomic mass is 9.48. The van der Waals surface area contributed by atoms with Gasteiger partial charge in [-0.25, -0.2) is 12.7 Å². The molecular weight excluding hydrogens is 398 g/mol. The van der Waals surface area contributed by atoms with Crippen molar-refractivity contribution < 1.29 is 18.5 Å². The van der Waals surface area contributed by atoms with E-state index >= 15 is 0 Å². The highest BCUT2D eigenvalue weighted by Crippen LogP contribution is 2.60. The molecule has 0 radical (unpaired) electrons. The van der Waals surface area contributed by atoms with Gasteiger partial charge in [-0.2, -0.15) is 0 Å². The summed E-state index contributed by atoms with van der Waals surface area (Å²) in [5.41, 5.74) is 0.911. The highest BCUT2D eigenvalue weighted by Gasteiger charge is 2.54. The molecule has 4 saturated carbocycles. The Morgan fingerprint density at radius 3 is 2.20 bits per heavy atom. The van der Waals surface area contributed by atoms with E-state index in [4.69, 9.17) is 0 Å². The highest BCUT2D eigenvalue weighted by molar-refractivity contribution is 7.89. The number of carbonyl (C=O) groups is 1. The first kappa shape index (κ1) is 21.8. The van der Waals surface area contributed by atoms with Crippen LogP contribution >= 0.6 is 0 Å². The third kappa shape index (κ3) is 4.04. The van der Waals surface area contributed by atoms with Crippen LogP contribution < -0.4 is 10.6 Å². The average Bonchev–Trinajstić information content (AvgIpc) is 2.66. The largest absolute Gasteiger partial charge is 0.334 e. The van der Waals surface area contributed by atoms with Gasteiger partial charge >= 0.3 is 0 Å². The second kappa shape index (κ2) is 7.92. The molecule has 4 fully saturated rings. The Balaban J connectivity index is 1.40. The maximum atomic E-state index is 12.9. The van der Waals surface area contributed by atoms with Gasteiger partial charge in [0.2, 0.25) is 10.0 Å². The number of hydrogen-bond donors (Lipinski definition) is 2. The summed E-state index contributed by atoms with van der Waals surface area (Å²) in [5.74, 6) is 2.62. The Labute approximate surface area is 180 Å². The topological polar surface area (TPSA) is 83.1 Å². The number of sulfonamides is 1. The fraction of sp³-hybridized carbons (Fsp3) is 0.696. The Hall–Kier alpha value is -1.44. The van der Waals surface area contributed by atoms with Crippen LogP contribution in [0, 0.1) is 23.2 Å². The van der Waals surface area contributed by atoms with E-state index in [9.17, 15) is 13.2 Å². The van der Waals surface area contributed by atoms with Gasteiger partial charge in [-0.05, 0) is 88.3 Å². The van der Waals surface area contributed by atoms with Crippen LogP contribution in [0.3, 0.4) is 0 Å². The fourth-order valence-electron chi connectivity index (χ4n) is 6.66. The minimum Gasteiger partial charge on any atom is -0.334 e. The SMILES string of the molecule is C[C@H]([NH2+][C@@H](C)C12CC3CC(CC(C3)C1)C2)C(=O)Nc1cccc(S(=O)(=O)N(C)C)c1. The minimum absolute atomic E-state index is 0.0778. The third-order valence-electron chi connectivity index (χ3n) is 7.92. The summed E-state index contributed by atoms with van der Waals surface area (Å²) in [5, 5.41) is 5.16. The Kier molecular flexibility index (Phi) is 5.75. The predicted octanol–water partition coefficient (Wildman–Crippen LogP) is 2.43. The molecule has 1 amide bonds. The molecule has 6 nitrogen and oxygen atoms in total. The molecule has 5 rings (SSSR count). The van der Waals surface area contributed by atoms with E-state index in [1.54, 1.807) is 18.2 Å². The molecule has 7 heteroatoms. The first-order chi connectivity index (χ1) is 14.1. The van der Waals surface area contributed by atoms with Crippen molar-refractivity contribution in [2.45, 2.75) is 69.4 Å². The van der Waals surface area contributed by atoms with Crippen molar-refractivity contribution >= 4 is 21.6 Å². The van der Waals surface area contributed by atoms with E-state index in [-0.39, 0.29) is 16.8 Å². The third-order valence-corrected chi connectivity index (χ3v) is 9.73. The van der Waals surface area contributed by atoms with Gasteiger partial charge in [-0.3, -0.25) is 4.79 Å². The van der Waals surface area contributed by atoms with Gasteiger partial charge in [-0.1, -0.05) is 6.07 Å². The number of nitrogens with zero attached hydrogens (tertiary/aromatic N) is 1. The van der Waals surface area contributed by atoms with Crippen LogP contribution in [0.1, 0.15) is 52.4 Å². The van der Waals surface area contributed by atoms with Crippen LogP contribution in [0.4, 0.5) is 5.69 Å². The van der Waals surface area contributed by atoms with E-state index in [2.05, 4.69) is 17.6 Å². The summed E-state index contributed by atoms with van der Waals surface area (Å²) in [6.07, 6.45) is 8.26. The number of quaternary nitrogens is 1. The number of benzene rings is 1. The number of carbonyl (C=O) groups excluding carboxylic acids is 1. The van der Waals surface area contributed by atoms with Gasteiger partial charge in [0.05, 0.1) is 10.9 Å². The Morgan fingerprint density at radius 1 is 1.10 bits per heavy atom. The van der Waals surface area contributed by atoms with Crippen LogP contribution in [0.25, 0.3) is 0 Å². The standard InChI is InChI=1S/C23H35N3O3S/c1-15(22(27)25-20-6-5-7-21(11-20)30(28,29)26(3)4)24-16(2)23-12-17-8-18(13-23)10-19(9-17)14-23/h5-7,11,15-19,24H,8-10,12-14H2,1-4H3,(H,25,27)/p+1/t15-,16-,17?,18?,19?,23?/m0/s1. The normalized spacial score (nSPS) is 32.2. The smallest absolute Gasteiger partial charge is 0.282 e. The van der Waals surface area contributed by atoms with Crippen molar-refractivity contribution in [2.75, 3.05) is 19.4 Å². The van der Waals surface area contributed by atoms with Gasteiger partial charge < -0.3 is 10.6 Å². The number of rotatable bonds is 7. The Bertz CT molecular complexity index is 877. The van der Waals surface area contributed by atoms with Gasteiger partial charge in [0.1, 0.15) is 0 Å². The monoisotopic (exact) mass is 434 g/mol. The predicted molar refractivity (Wildman–Crippen MR) is 117 cm³/mol. The molecule has 4 aliphatic carbocycles. The maximum absolute atomic E-state index is 12.9. The van der Waals surface area contributed by atoms with Crippen LogP contribution in [-0.2, 0) is 14.8 Å². The van der Waals surface area contributed by atoms with Gasteiger partial charge in [0.15, 0.2) is 6.04 Å². The molecule has 0 heterocycles. The first-order valence-electron chi connectivity index (χ1n) is 11.3. The molecule has 0 unspecified atom stereocenters. The van der Waals surface area contributed by atoms with Crippen LogP contribution in [0.5, 0.6) is 0 Å². The average molecular weight is 435 g/mol. The summed E-state index contributed by atoms with van der Waals surface area (Å²) in [6, 6.07) is 6.69. The van der Waals surface area contributed by atoms with Crippen molar-refractivity contribution in [1.82, 2.24) is 4.31 Å². The van der Waals surface area contributed by atoms with Crippen LogP contribution in [-0.4, -0.2) is 44.8 Å². The second-order valence-electron chi connectivity index (χ2n) is 10.4. The van der Waals surface area contributed by atoms with Crippen molar-refractivity contribution in [2.24, 2.45) is 23.2 Å². The van der Waals surface area contributed by atoms with E-state index in [0.29, 0.717) is 17.1 Å². The molecule has 30 heavy (non-hydrogen) atoms. The summed E-state index contributed by atoms with van der Waals surface area (Å²) < 4.78 is 25.9. The molecule has 0 saturated heterocycles. The molecule has 2 atom stereocenters. The molecule has 166 valence electrons. The van der Waals surface area contributed by atoms with Crippen LogP contribution in [0.2, 0.25) is 0 Å². The molecule has 0 spiro atoms. The zero-order valence-corrected chi connectivity index (χ0v) is 19.4. The number of nitrogens with one attached hydrogen (secondary N) is 1. The molecular formula is C23H36N3O3S+. The molecule has 4 bridgehead atoms. The molecule has 0 aromatic heterocycles. The molecule has 4 aliphatic rings. The molecule has 0 aliphatic heterocycles.